The fourth-order valence-electron chi connectivity index (χ4n) is 3.11. The number of methoxy groups -OCH3 is 1. The van der Waals surface area contributed by atoms with E-state index in [1.54, 1.807) is 30.3 Å². The first kappa shape index (κ1) is 20.8. The Kier molecular flexibility index (Phi) is 6.27. The Morgan fingerprint density at radius 3 is 2.27 bits per heavy atom. The molecule has 0 aliphatic rings. The summed E-state index contributed by atoms with van der Waals surface area (Å²) >= 11 is 0. The third-order valence-electron chi connectivity index (χ3n) is 4.60. The van der Waals surface area contributed by atoms with Gasteiger partial charge in [-0.05, 0) is 30.2 Å². The molecule has 3 aromatic rings. The number of esters is 1. The highest BCUT2D eigenvalue weighted by Gasteiger charge is 2.23. The van der Waals surface area contributed by atoms with Crippen molar-refractivity contribution in [3.63, 3.8) is 0 Å². The van der Waals surface area contributed by atoms with Gasteiger partial charge in [-0.15, -0.1) is 0 Å². The smallest absolute Gasteiger partial charge is 0.340 e. The molecule has 0 aliphatic heterocycles. The van der Waals surface area contributed by atoms with Crippen molar-refractivity contribution in [1.29, 1.82) is 0 Å². The van der Waals surface area contributed by atoms with E-state index in [0.29, 0.717) is 16.7 Å². The van der Waals surface area contributed by atoms with E-state index in [-0.39, 0.29) is 29.3 Å². The number of Topliss-reactive ketones (excluding diaryl/α,β-unsaturated/α-hetero) is 1. The summed E-state index contributed by atoms with van der Waals surface area (Å²) in [6, 6.07) is 18.7. The molecule has 0 spiro atoms. The number of hydrogen-bond donors (Lipinski definition) is 1. The van der Waals surface area contributed by atoms with Crippen LogP contribution >= 0.6 is 0 Å². The molecule has 0 saturated carbocycles. The Morgan fingerprint density at radius 2 is 1.63 bits per heavy atom. The van der Waals surface area contributed by atoms with E-state index in [1.165, 1.54) is 20.1 Å². The molecule has 0 fully saturated rings. The molecule has 0 heterocycles. The number of carboxylic acid groups (broad SMARTS) is 1. The summed E-state index contributed by atoms with van der Waals surface area (Å²) in [6.45, 7) is 1.58. The minimum Gasteiger partial charge on any atom is -0.488 e. The van der Waals surface area contributed by atoms with Gasteiger partial charge in [0.05, 0.1) is 12.7 Å². The maximum absolute atomic E-state index is 12.3. The number of ether oxygens (including phenoxy) is 2. The zero-order chi connectivity index (χ0) is 21.7. The van der Waals surface area contributed by atoms with E-state index in [1.807, 2.05) is 30.3 Å². The van der Waals surface area contributed by atoms with Gasteiger partial charge in [0.15, 0.2) is 5.78 Å². The van der Waals surface area contributed by atoms with E-state index in [0.717, 1.165) is 5.56 Å². The van der Waals surface area contributed by atoms with Gasteiger partial charge in [0.25, 0.3) is 0 Å². The summed E-state index contributed by atoms with van der Waals surface area (Å²) in [4.78, 5) is 36.2. The zero-order valence-corrected chi connectivity index (χ0v) is 16.5. The Bertz CT molecular complexity index is 1100. The van der Waals surface area contributed by atoms with Crippen molar-refractivity contribution in [2.24, 2.45) is 0 Å². The molecule has 0 bridgehead atoms. The van der Waals surface area contributed by atoms with Crippen molar-refractivity contribution in [1.82, 2.24) is 0 Å². The lowest BCUT2D eigenvalue weighted by Crippen LogP contribution is -2.09. The summed E-state index contributed by atoms with van der Waals surface area (Å²) in [5.41, 5.74) is 1.88. The van der Waals surface area contributed by atoms with E-state index >= 15 is 0 Å². The molecule has 30 heavy (non-hydrogen) atoms. The minimum absolute atomic E-state index is 0.0749. The van der Waals surface area contributed by atoms with Crippen molar-refractivity contribution in [2.75, 3.05) is 7.11 Å². The Hall–Kier alpha value is -3.93. The summed E-state index contributed by atoms with van der Waals surface area (Å²) in [7, 11) is 1.23. The summed E-state index contributed by atoms with van der Waals surface area (Å²) < 4.78 is 10.6. The quantitative estimate of drug-likeness (QED) is 0.456. The fourth-order valence-corrected chi connectivity index (χ4v) is 3.11. The van der Waals surface area contributed by atoms with Gasteiger partial charge in [0, 0.05) is 11.1 Å². The predicted octanol–water partition coefficient (Wildman–Crippen LogP) is 4.62. The molecule has 0 atom stereocenters. The van der Waals surface area contributed by atoms with Crippen LogP contribution in [0.15, 0.2) is 66.7 Å². The molecular weight excluding hydrogens is 384 g/mol. The number of carbonyl (C=O) groups excluding carboxylic acids is 2. The normalized spacial score (nSPS) is 10.3. The number of hydrogen-bond acceptors (Lipinski definition) is 5. The van der Waals surface area contributed by atoms with Crippen LogP contribution in [0.2, 0.25) is 0 Å². The summed E-state index contributed by atoms with van der Waals surface area (Å²) in [6.07, 6.45) is 0. The monoisotopic (exact) mass is 404 g/mol. The lowest BCUT2D eigenvalue weighted by atomic mass is 9.92. The second-order valence-electron chi connectivity index (χ2n) is 6.57. The second kappa shape index (κ2) is 9.05. The Balaban J connectivity index is 2.11. The van der Waals surface area contributed by atoms with Crippen molar-refractivity contribution < 1.29 is 29.0 Å². The maximum Gasteiger partial charge on any atom is 0.340 e. The van der Waals surface area contributed by atoms with Crippen LogP contribution in [-0.4, -0.2) is 29.9 Å². The zero-order valence-electron chi connectivity index (χ0n) is 16.5. The molecule has 0 amide bonds. The average Bonchev–Trinajstić information content (AvgIpc) is 2.76. The lowest BCUT2D eigenvalue weighted by molar-refractivity contribution is 0.0600. The molecule has 6 heteroatoms. The van der Waals surface area contributed by atoms with Crippen LogP contribution < -0.4 is 4.74 Å². The van der Waals surface area contributed by atoms with Gasteiger partial charge in [0.1, 0.15) is 17.9 Å². The van der Waals surface area contributed by atoms with Crippen LogP contribution in [0.3, 0.4) is 0 Å². The molecule has 0 saturated heterocycles. The predicted molar refractivity (Wildman–Crippen MR) is 111 cm³/mol. The lowest BCUT2D eigenvalue weighted by Gasteiger charge is -2.15. The highest BCUT2D eigenvalue weighted by atomic mass is 16.5. The van der Waals surface area contributed by atoms with Gasteiger partial charge in [0.2, 0.25) is 0 Å². The SMILES string of the molecule is COC(=O)c1cc(C(C)=O)ccc1-c1cccc(OCc2ccccc2)c1C(=O)O. The molecular formula is C24H20O6. The van der Waals surface area contributed by atoms with Crippen molar-refractivity contribution >= 4 is 17.7 Å². The number of aromatic carboxylic acids is 1. The molecule has 3 rings (SSSR count). The van der Waals surface area contributed by atoms with E-state index < -0.39 is 11.9 Å². The van der Waals surface area contributed by atoms with Gasteiger partial charge in [-0.25, -0.2) is 9.59 Å². The third-order valence-corrected chi connectivity index (χ3v) is 4.60. The van der Waals surface area contributed by atoms with Crippen LogP contribution in [0.5, 0.6) is 5.75 Å². The Labute approximate surface area is 173 Å². The summed E-state index contributed by atoms with van der Waals surface area (Å²) in [5, 5.41) is 9.88. The van der Waals surface area contributed by atoms with Crippen LogP contribution in [0, 0.1) is 0 Å². The molecule has 3 aromatic carbocycles. The number of carbonyl (C=O) groups is 3. The van der Waals surface area contributed by atoms with Crippen molar-refractivity contribution in [3.05, 3.63) is 89.0 Å². The van der Waals surface area contributed by atoms with E-state index in [4.69, 9.17) is 9.47 Å². The first-order valence-electron chi connectivity index (χ1n) is 9.19. The van der Waals surface area contributed by atoms with Crippen LogP contribution in [0.25, 0.3) is 11.1 Å². The Morgan fingerprint density at radius 1 is 0.900 bits per heavy atom. The summed E-state index contributed by atoms with van der Waals surface area (Å²) in [5.74, 6) is -1.90. The fraction of sp³-hybridized carbons (Fsp3) is 0.125. The molecule has 0 aromatic heterocycles. The standard InChI is InChI=1S/C24H20O6/c1-15(25)17-11-12-18(20(13-17)24(28)29-2)19-9-6-10-21(22(19)23(26)27)30-14-16-7-4-3-5-8-16/h3-13H,14H2,1-2H3,(H,26,27). The highest BCUT2D eigenvalue weighted by Crippen LogP contribution is 2.34. The number of ketones is 1. The molecule has 1 N–H and O–H groups in total. The van der Waals surface area contributed by atoms with Gasteiger partial charge < -0.3 is 14.6 Å². The largest absolute Gasteiger partial charge is 0.488 e. The number of benzene rings is 3. The first-order chi connectivity index (χ1) is 14.4. The minimum atomic E-state index is -1.19. The molecule has 0 unspecified atom stereocenters. The van der Waals surface area contributed by atoms with E-state index in [9.17, 15) is 19.5 Å². The van der Waals surface area contributed by atoms with Crippen molar-refractivity contribution in [3.8, 4) is 16.9 Å². The maximum atomic E-state index is 12.3. The molecule has 0 aliphatic carbocycles. The second-order valence-corrected chi connectivity index (χ2v) is 6.57. The molecule has 6 nitrogen and oxygen atoms in total. The van der Waals surface area contributed by atoms with Crippen LogP contribution in [0.1, 0.15) is 43.6 Å². The van der Waals surface area contributed by atoms with Crippen LogP contribution in [-0.2, 0) is 11.3 Å². The van der Waals surface area contributed by atoms with Gasteiger partial charge in [-0.3, -0.25) is 4.79 Å². The number of rotatable bonds is 7. The molecule has 0 radical (unpaired) electrons. The third kappa shape index (κ3) is 4.38. The van der Waals surface area contributed by atoms with Crippen molar-refractivity contribution in [2.45, 2.75) is 13.5 Å². The topological polar surface area (TPSA) is 89.9 Å². The average molecular weight is 404 g/mol. The molecule has 152 valence electrons. The first-order valence-corrected chi connectivity index (χ1v) is 9.19. The van der Waals surface area contributed by atoms with Gasteiger partial charge in [-0.1, -0.05) is 54.6 Å². The van der Waals surface area contributed by atoms with Gasteiger partial charge >= 0.3 is 11.9 Å². The number of carboxylic acids is 1. The highest BCUT2D eigenvalue weighted by molar-refractivity contribution is 6.06. The van der Waals surface area contributed by atoms with E-state index in [2.05, 4.69) is 0 Å². The van der Waals surface area contributed by atoms with Crippen LogP contribution in [0.4, 0.5) is 0 Å². The van der Waals surface area contributed by atoms with Gasteiger partial charge in [-0.2, -0.15) is 0 Å².